The first kappa shape index (κ1) is 23.2. The van der Waals surface area contributed by atoms with Crippen LogP contribution in [0.1, 0.15) is 71.1 Å². The van der Waals surface area contributed by atoms with Gasteiger partial charge in [0.15, 0.2) is 0 Å². The molecule has 0 unspecified atom stereocenters. The molecule has 0 radical (unpaired) electrons. The van der Waals surface area contributed by atoms with E-state index in [1.165, 1.54) is 62.8 Å². The van der Waals surface area contributed by atoms with E-state index in [0.717, 1.165) is 19.3 Å². The Morgan fingerprint density at radius 2 is 1.23 bits per heavy atom. The van der Waals surface area contributed by atoms with E-state index in [2.05, 4.69) is 11.6 Å². The smallest absolute Gasteiger partial charge is 0.261 e. The van der Waals surface area contributed by atoms with Gasteiger partial charge >= 0.3 is 0 Å². The molecule has 0 fully saturated rings. The molecule has 1 N–H and O–H groups in total. The van der Waals surface area contributed by atoms with Gasteiger partial charge in [-0.1, -0.05) is 64.7 Å². The molecule has 0 spiro atoms. The number of hydrogen-bond acceptors (Lipinski definition) is 4. The van der Waals surface area contributed by atoms with Crippen molar-refractivity contribution in [2.45, 2.75) is 76.0 Å². The average Bonchev–Trinajstić information content (AvgIpc) is 2.56. The zero-order valence-electron chi connectivity index (χ0n) is 15.4. The van der Waals surface area contributed by atoms with E-state index in [1.54, 1.807) is 0 Å². The Bertz CT molecular complexity index is 716. The average molecular weight is 424 g/mol. The molecule has 0 aliphatic rings. The van der Waals surface area contributed by atoms with Gasteiger partial charge < -0.3 is 0 Å². The lowest BCUT2D eigenvalue weighted by molar-refractivity contribution is 0.558. The number of benzene rings is 1. The lowest BCUT2D eigenvalue weighted by atomic mass is 10.1. The monoisotopic (exact) mass is 423 g/mol. The second-order valence-electron chi connectivity index (χ2n) is 6.57. The molecule has 0 aliphatic heterocycles. The summed E-state index contributed by atoms with van der Waals surface area (Å²) < 4.78 is 48.9. The number of unbranched alkanes of at least 4 members (excludes halogenated alkanes) is 9. The molecule has 0 aromatic heterocycles. The summed E-state index contributed by atoms with van der Waals surface area (Å²) >= 11 is 0. The summed E-state index contributed by atoms with van der Waals surface area (Å²) in [5.74, 6) is 0.0685. The molecule has 0 heterocycles. The highest BCUT2D eigenvalue weighted by atomic mass is 35.7. The van der Waals surface area contributed by atoms with Crippen molar-refractivity contribution in [1.29, 1.82) is 0 Å². The predicted octanol–water partition coefficient (Wildman–Crippen LogP) is 5.28. The minimum atomic E-state index is -3.80. The number of hydrogen-bond donors (Lipinski definition) is 1. The minimum absolute atomic E-state index is 0.0585. The van der Waals surface area contributed by atoms with E-state index in [-0.39, 0.29) is 10.6 Å². The van der Waals surface area contributed by atoms with Crippen LogP contribution in [0, 0.1) is 0 Å². The van der Waals surface area contributed by atoms with Crippen LogP contribution in [0.25, 0.3) is 0 Å². The van der Waals surface area contributed by atoms with Gasteiger partial charge in [0.25, 0.3) is 9.05 Å². The molecule has 150 valence electrons. The first-order valence-corrected chi connectivity index (χ1v) is 13.3. The van der Waals surface area contributed by atoms with E-state index in [9.17, 15) is 16.8 Å². The molecule has 1 aromatic carbocycles. The third-order valence-electron chi connectivity index (χ3n) is 4.18. The minimum Gasteiger partial charge on any atom is -0.284 e. The molecule has 0 saturated carbocycles. The van der Waals surface area contributed by atoms with E-state index in [1.807, 2.05) is 0 Å². The highest BCUT2D eigenvalue weighted by Gasteiger charge is 2.12. The predicted molar refractivity (Wildman–Crippen MR) is 109 cm³/mol. The van der Waals surface area contributed by atoms with Gasteiger partial charge in [0.2, 0.25) is 10.0 Å². The molecule has 0 amide bonds. The molecule has 1 aromatic rings. The van der Waals surface area contributed by atoms with Crippen LogP contribution in [-0.4, -0.2) is 22.6 Å². The lowest BCUT2D eigenvalue weighted by Gasteiger charge is -2.08. The van der Waals surface area contributed by atoms with E-state index in [4.69, 9.17) is 10.7 Å². The normalized spacial score (nSPS) is 12.2. The Labute approximate surface area is 163 Å². The Morgan fingerprint density at radius 3 is 1.69 bits per heavy atom. The number of sulfonamides is 1. The Kier molecular flexibility index (Phi) is 10.6. The topological polar surface area (TPSA) is 80.3 Å². The van der Waals surface area contributed by atoms with Crippen molar-refractivity contribution >= 4 is 35.4 Å². The molecule has 0 bridgehead atoms. The van der Waals surface area contributed by atoms with Crippen LogP contribution in [-0.2, 0) is 19.1 Å². The van der Waals surface area contributed by atoms with Crippen molar-refractivity contribution in [2.75, 3.05) is 10.5 Å². The van der Waals surface area contributed by atoms with Crippen LogP contribution < -0.4 is 4.72 Å². The number of halogens is 1. The summed E-state index contributed by atoms with van der Waals surface area (Å²) in [5.41, 5.74) is 0.334. The van der Waals surface area contributed by atoms with Crippen molar-refractivity contribution in [3.8, 4) is 0 Å². The van der Waals surface area contributed by atoms with Gasteiger partial charge in [-0.15, -0.1) is 0 Å². The van der Waals surface area contributed by atoms with E-state index in [0.29, 0.717) is 12.1 Å². The Morgan fingerprint density at radius 1 is 0.769 bits per heavy atom. The van der Waals surface area contributed by atoms with Gasteiger partial charge in [-0.25, -0.2) is 16.8 Å². The van der Waals surface area contributed by atoms with Crippen molar-refractivity contribution in [3.63, 3.8) is 0 Å². The second-order valence-corrected chi connectivity index (χ2v) is 11.0. The van der Waals surface area contributed by atoms with E-state index < -0.39 is 19.1 Å². The molecule has 8 heteroatoms. The van der Waals surface area contributed by atoms with Gasteiger partial charge in [-0.05, 0) is 30.7 Å². The zero-order valence-corrected chi connectivity index (χ0v) is 17.8. The van der Waals surface area contributed by atoms with Crippen LogP contribution in [0.2, 0.25) is 0 Å². The van der Waals surface area contributed by atoms with Crippen LogP contribution in [0.5, 0.6) is 0 Å². The lowest BCUT2D eigenvalue weighted by Crippen LogP contribution is -2.16. The molecule has 0 saturated heterocycles. The van der Waals surface area contributed by atoms with Crippen LogP contribution in [0.3, 0.4) is 0 Å². The second kappa shape index (κ2) is 11.8. The van der Waals surface area contributed by atoms with Crippen LogP contribution in [0.4, 0.5) is 5.69 Å². The number of anilines is 1. The molecular weight excluding hydrogens is 394 g/mol. The van der Waals surface area contributed by atoms with Gasteiger partial charge in [0.1, 0.15) is 0 Å². The summed E-state index contributed by atoms with van der Waals surface area (Å²) in [4.78, 5) is -0.0585. The summed E-state index contributed by atoms with van der Waals surface area (Å²) in [7, 11) is -1.99. The number of nitrogens with one attached hydrogen (secondary N) is 1. The molecule has 0 aliphatic carbocycles. The first-order chi connectivity index (χ1) is 12.2. The van der Waals surface area contributed by atoms with Gasteiger partial charge in [0, 0.05) is 16.4 Å². The first-order valence-electron chi connectivity index (χ1n) is 9.30. The summed E-state index contributed by atoms with van der Waals surface area (Å²) in [5, 5.41) is 0. The zero-order chi connectivity index (χ0) is 19.5. The van der Waals surface area contributed by atoms with Crippen LogP contribution in [0.15, 0.2) is 29.2 Å². The summed E-state index contributed by atoms with van der Waals surface area (Å²) in [6.07, 6.45) is 11.4. The fourth-order valence-corrected chi connectivity index (χ4v) is 4.65. The van der Waals surface area contributed by atoms with Crippen molar-refractivity contribution in [2.24, 2.45) is 0 Å². The highest BCUT2D eigenvalue weighted by molar-refractivity contribution is 8.13. The maximum absolute atomic E-state index is 12.1. The van der Waals surface area contributed by atoms with Crippen molar-refractivity contribution in [3.05, 3.63) is 24.3 Å². The maximum Gasteiger partial charge on any atom is 0.261 e. The quantitative estimate of drug-likeness (QED) is 0.326. The molecule has 1 rings (SSSR count). The summed E-state index contributed by atoms with van der Waals surface area (Å²) in [6.45, 7) is 2.21. The Hall–Kier alpha value is -0.790. The molecule has 0 atom stereocenters. The van der Waals surface area contributed by atoms with Gasteiger partial charge in [-0.3, -0.25) is 4.72 Å². The van der Waals surface area contributed by atoms with E-state index >= 15 is 0 Å². The summed E-state index contributed by atoms with van der Waals surface area (Å²) in [6, 6.07) is 5.35. The maximum atomic E-state index is 12.1. The molecule has 26 heavy (non-hydrogen) atoms. The van der Waals surface area contributed by atoms with Gasteiger partial charge in [-0.2, -0.15) is 0 Å². The van der Waals surface area contributed by atoms with Crippen molar-refractivity contribution in [1.82, 2.24) is 0 Å². The van der Waals surface area contributed by atoms with Crippen molar-refractivity contribution < 1.29 is 16.8 Å². The largest absolute Gasteiger partial charge is 0.284 e. The molecule has 5 nitrogen and oxygen atoms in total. The SMILES string of the molecule is CCCCCCCCCCCCS(=O)(=O)Nc1ccc(S(=O)(=O)Cl)cc1. The fourth-order valence-electron chi connectivity index (χ4n) is 2.70. The molecular formula is C18H30ClNO4S2. The van der Waals surface area contributed by atoms with Gasteiger partial charge in [0.05, 0.1) is 10.6 Å². The third kappa shape index (κ3) is 10.4. The number of rotatable bonds is 14. The Balaban J connectivity index is 2.22. The van der Waals surface area contributed by atoms with Crippen LogP contribution >= 0.6 is 10.7 Å². The standard InChI is InChI=1S/C18H30ClNO4S2/c1-2-3-4-5-6-7-8-9-10-11-16-25(21,22)20-17-12-14-18(15-13-17)26(19,23)24/h12-15,20H,2-11,16H2,1H3. The fraction of sp³-hybridized carbons (Fsp3) is 0.667. The highest BCUT2D eigenvalue weighted by Crippen LogP contribution is 2.19. The third-order valence-corrected chi connectivity index (χ3v) is 6.92.